The Labute approximate surface area is 142 Å². The van der Waals surface area contributed by atoms with Crippen LogP contribution in [0.1, 0.15) is 52.5 Å². The van der Waals surface area contributed by atoms with Crippen molar-refractivity contribution in [3.63, 3.8) is 0 Å². The summed E-state index contributed by atoms with van der Waals surface area (Å²) in [7, 11) is 0. The third-order valence-corrected chi connectivity index (χ3v) is 3.34. The van der Waals surface area contributed by atoms with Gasteiger partial charge in [0, 0.05) is 17.5 Å². The molecule has 1 aliphatic carbocycles. The standard InChI is InChI=1S/C18H25NO5/c1-11(2)22-16(20)19-14-10-13(14)12-8-6-7-9-15(12)23-17(21)24-18(3,4)5/h6-9,11,13-14H,10H2,1-5H3,(H,19,20). The Hall–Kier alpha value is -2.24. The van der Waals surface area contributed by atoms with Crippen molar-refractivity contribution in [2.75, 3.05) is 0 Å². The van der Waals surface area contributed by atoms with Crippen LogP contribution in [0.5, 0.6) is 5.75 Å². The molecule has 0 heterocycles. The van der Waals surface area contributed by atoms with Crippen LogP contribution < -0.4 is 10.1 Å². The molecule has 1 aromatic rings. The summed E-state index contributed by atoms with van der Waals surface area (Å²) in [5, 5.41) is 2.82. The molecule has 0 spiro atoms. The number of carbonyl (C=O) groups excluding carboxylic acids is 2. The van der Waals surface area contributed by atoms with Crippen LogP contribution in [0, 0.1) is 0 Å². The van der Waals surface area contributed by atoms with Gasteiger partial charge in [-0.1, -0.05) is 18.2 Å². The van der Waals surface area contributed by atoms with E-state index in [9.17, 15) is 9.59 Å². The second-order valence-corrected chi connectivity index (χ2v) is 7.15. The number of nitrogens with one attached hydrogen (secondary N) is 1. The zero-order valence-corrected chi connectivity index (χ0v) is 14.8. The number of carbonyl (C=O) groups is 2. The minimum atomic E-state index is -0.737. The Morgan fingerprint density at radius 3 is 2.50 bits per heavy atom. The number of para-hydroxylation sites is 1. The van der Waals surface area contributed by atoms with Crippen LogP contribution in [0.15, 0.2) is 24.3 Å². The van der Waals surface area contributed by atoms with E-state index in [4.69, 9.17) is 14.2 Å². The Balaban J connectivity index is 1.98. The summed E-state index contributed by atoms with van der Waals surface area (Å²) in [5.41, 5.74) is 0.259. The summed E-state index contributed by atoms with van der Waals surface area (Å²) in [6.45, 7) is 8.94. The van der Waals surface area contributed by atoms with Crippen molar-refractivity contribution in [2.24, 2.45) is 0 Å². The highest BCUT2D eigenvalue weighted by Gasteiger charge is 2.42. The lowest BCUT2D eigenvalue weighted by atomic mass is 10.1. The van der Waals surface area contributed by atoms with Crippen LogP contribution in [0.3, 0.4) is 0 Å². The van der Waals surface area contributed by atoms with E-state index in [2.05, 4.69) is 5.32 Å². The molecule has 6 heteroatoms. The first-order chi connectivity index (χ1) is 11.2. The van der Waals surface area contributed by atoms with Crippen molar-refractivity contribution < 1.29 is 23.8 Å². The maximum Gasteiger partial charge on any atom is 0.514 e. The second-order valence-electron chi connectivity index (χ2n) is 7.15. The van der Waals surface area contributed by atoms with Crippen molar-refractivity contribution >= 4 is 12.2 Å². The van der Waals surface area contributed by atoms with E-state index >= 15 is 0 Å². The number of rotatable bonds is 4. The number of hydrogen-bond donors (Lipinski definition) is 1. The van der Waals surface area contributed by atoms with Gasteiger partial charge in [0.2, 0.25) is 0 Å². The maximum absolute atomic E-state index is 11.9. The van der Waals surface area contributed by atoms with Crippen LogP contribution in [-0.4, -0.2) is 30.0 Å². The van der Waals surface area contributed by atoms with Crippen LogP contribution in [0.2, 0.25) is 0 Å². The van der Waals surface area contributed by atoms with Gasteiger partial charge in [0.15, 0.2) is 0 Å². The van der Waals surface area contributed by atoms with Crippen molar-refractivity contribution in [3.05, 3.63) is 29.8 Å². The minimum absolute atomic E-state index is 0.0142. The zero-order chi connectivity index (χ0) is 17.9. The van der Waals surface area contributed by atoms with Crippen molar-refractivity contribution in [3.8, 4) is 5.75 Å². The molecular weight excluding hydrogens is 310 g/mol. The highest BCUT2D eigenvalue weighted by molar-refractivity contribution is 5.69. The summed E-state index contributed by atoms with van der Waals surface area (Å²) < 4.78 is 15.6. The predicted molar refractivity (Wildman–Crippen MR) is 89.2 cm³/mol. The lowest BCUT2D eigenvalue weighted by Gasteiger charge is -2.19. The second kappa shape index (κ2) is 7.11. The lowest BCUT2D eigenvalue weighted by Crippen LogP contribution is -2.29. The van der Waals surface area contributed by atoms with Gasteiger partial charge in [-0.05, 0) is 47.1 Å². The molecule has 0 saturated heterocycles. The molecule has 132 valence electrons. The third kappa shape index (κ3) is 5.44. The molecule has 1 amide bonds. The van der Waals surface area contributed by atoms with E-state index in [1.54, 1.807) is 46.8 Å². The summed E-state index contributed by atoms with van der Waals surface area (Å²) in [4.78, 5) is 23.5. The van der Waals surface area contributed by atoms with E-state index in [-0.39, 0.29) is 18.1 Å². The molecule has 2 rings (SSSR count). The Morgan fingerprint density at radius 2 is 1.88 bits per heavy atom. The smallest absolute Gasteiger partial charge is 0.447 e. The van der Waals surface area contributed by atoms with Gasteiger partial charge in [-0.2, -0.15) is 0 Å². The van der Waals surface area contributed by atoms with Crippen molar-refractivity contribution in [2.45, 2.75) is 64.7 Å². The molecule has 0 radical (unpaired) electrons. The zero-order valence-electron chi connectivity index (χ0n) is 14.8. The molecular formula is C18H25NO5. The molecule has 1 aliphatic rings. The summed E-state index contributed by atoms with van der Waals surface area (Å²) in [6.07, 6.45) is -0.547. The first kappa shape index (κ1) is 18.1. The van der Waals surface area contributed by atoms with E-state index in [1.165, 1.54) is 0 Å². The molecule has 2 unspecified atom stereocenters. The van der Waals surface area contributed by atoms with Crippen LogP contribution in [-0.2, 0) is 9.47 Å². The quantitative estimate of drug-likeness (QED) is 0.665. The Kier molecular flexibility index (Phi) is 5.36. The molecule has 1 fully saturated rings. The molecule has 0 bridgehead atoms. The first-order valence-corrected chi connectivity index (χ1v) is 8.12. The lowest BCUT2D eigenvalue weighted by molar-refractivity contribution is 0.0204. The molecule has 1 saturated carbocycles. The molecule has 6 nitrogen and oxygen atoms in total. The summed E-state index contributed by atoms with van der Waals surface area (Å²) >= 11 is 0. The van der Waals surface area contributed by atoms with Gasteiger partial charge in [0.1, 0.15) is 11.4 Å². The molecule has 24 heavy (non-hydrogen) atoms. The first-order valence-electron chi connectivity index (χ1n) is 8.12. The summed E-state index contributed by atoms with van der Waals surface area (Å²) in [5.74, 6) is 0.557. The fourth-order valence-corrected chi connectivity index (χ4v) is 2.34. The number of benzene rings is 1. The normalized spacial score (nSPS) is 19.6. The highest BCUT2D eigenvalue weighted by atomic mass is 16.7. The van der Waals surface area contributed by atoms with Crippen LogP contribution >= 0.6 is 0 Å². The number of amides is 1. The van der Waals surface area contributed by atoms with Crippen LogP contribution in [0.25, 0.3) is 0 Å². The Bertz CT molecular complexity index is 606. The molecule has 2 atom stereocenters. The topological polar surface area (TPSA) is 73.9 Å². The highest BCUT2D eigenvalue weighted by Crippen LogP contribution is 2.44. The Morgan fingerprint density at radius 1 is 1.21 bits per heavy atom. The molecule has 1 aromatic carbocycles. The minimum Gasteiger partial charge on any atom is -0.447 e. The molecule has 0 aliphatic heterocycles. The van der Waals surface area contributed by atoms with E-state index in [0.29, 0.717) is 5.75 Å². The maximum atomic E-state index is 11.9. The molecule has 1 N–H and O–H groups in total. The SMILES string of the molecule is CC(C)OC(=O)NC1CC1c1ccccc1OC(=O)OC(C)(C)C. The van der Waals surface area contributed by atoms with E-state index in [0.717, 1.165) is 12.0 Å². The largest absolute Gasteiger partial charge is 0.514 e. The van der Waals surface area contributed by atoms with E-state index in [1.807, 2.05) is 12.1 Å². The fraction of sp³-hybridized carbons (Fsp3) is 0.556. The average Bonchev–Trinajstić information content (AvgIpc) is 3.14. The number of hydrogen-bond acceptors (Lipinski definition) is 5. The average molecular weight is 335 g/mol. The summed E-state index contributed by atoms with van der Waals surface area (Å²) in [6, 6.07) is 7.26. The fourth-order valence-electron chi connectivity index (χ4n) is 2.34. The van der Waals surface area contributed by atoms with Crippen molar-refractivity contribution in [1.82, 2.24) is 5.32 Å². The van der Waals surface area contributed by atoms with Gasteiger partial charge < -0.3 is 19.5 Å². The van der Waals surface area contributed by atoms with E-state index < -0.39 is 17.8 Å². The van der Waals surface area contributed by atoms with Gasteiger partial charge >= 0.3 is 12.2 Å². The van der Waals surface area contributed by atoms with Gasteiger partial charge in [0.25, 0.3) is 0 Å². The number of alkyl carbamates (subject to hydrolysis) is 1. The number of ether oxygens (including phenoxy) is 3. The third-order valence-electron chi connectivity index (χ3n) is 3.34. The van der Waals surface area contributed by atoms with Gasteiger partial charge in [-0.25, -0.2) is 9.59 Å². The predicted octanol–water partition coefficient (Wildman–Crippen LogP) is 3.99. The monoisotopic (exact) mass is 335 g/mol. The molecule has 0 aromatic heterocycles. The van der Waals surface area contributed by atoms with Crippen molar-refractivity contribution in [1.29, 1.82) is 0 Å². The van der Waals surface area contributed by atoms with Crippen LogP contribution in [0.4, 0.5) is 9.59 Å². The van der Waals surface area contributed by atoms with Gasteiger partial charge in [-0.3, -0.25) is 0 Å². The van der Waals surface area contributed by atoms with Gasteiger partial charge in [0.05, 0.1) is 6.10 Å². The van der Waals surface area contributed by atoms with Gasteiger partial charge in [-0.15, -0.1) is 0 Å².